The molecule has 3 aromatic carbocycles. The van der Waals surface area contributed by atoms with Crippen LogP contribution in [0.4, 0.5) is 81.6 Å². The van der Waals surface area contributed by atoms with E-state index in [1.165, 1.54) is 33.4 Å². The van der Waals surface area contributed by atoms with Crippen molar-refractivity contribution in [3.8, 4) is 0 Å². The molecule has 1 saturated heterocycles. The lowest BCUT2D eigenvalue weighted by molar-refractivity contribution is -0.385. The molecular weight excluding hydrogens is 1860 g/mol. The highest BCUT2D eigenvalue weighted by Gasteiger charge is 2.30. The minimum absolute atomic E-state index is 0.0207. The Morgan fingerprint density at radius 1 is 0.423 bits per heavy atom. The quantitative estimate of drug-likeness (QED) is 0.00971. The number of nitrogens with zero attached hydrogens (tertiary/aromatic N) is 25. The maximum Gasteiger partial charge on any atom is 0.271 e. The number of imidazole rings is 5. The number of hydrogen-bond donors (Lipinski definition) is 14. The van der Waals surface area contributed by atoms with Crippen LogP contribution in [-0.2, 0) is 19.6 Å². The molecule has 13 heterocycles. The van der Waals surface area contributed by atoms with Crippen molar-refractivity contribution in [2.24, 2.45) is 5.92 Å². The highest BCUT2D eigenvalue weighted by Crippen LogP contribution is 2.35. The first-order chi connectivity index (χ1) is 66.0. The fourth-order valence-electron chi connectivity index (χ4n) is 14.5. The van der Waals surface area contributed by atoms with Crippen LogP contribution in [0.5, 0.6) is 0 Å². The van der Waals surface area contributed by atoms with Gasteiger partial charge in [0, 0.05) is 108 Å². The van der Waals surface area contributed by atoms with E-state index in [4.69, 9.17) is 9.97 Å². The number of pyridine rings is 2. The Morgan fingerprint density at radius 3 is 1.20 bits per heavy atom. The van der Waals surface area contributed by atoms with Gasteiger partial charge in [-0.05, 0) is 183 Å². The van der Waals surface area contributed by atoms with E-state index in [0.717, 1.165) is 82.8 Å². The highest BCUT2D eigenvalue weighted by atomic mass is 127. The van der Waals surface area contributed by atoms with E-state index in [2.05, 4.69) is 220 Å². The van der Waals surface area contributed by atoms with Crippen molar-refractivity contribution in [3.63, 3.8) is 0 Å². The Hall–Kier alpha value is -14.0. The summed E-state index contributed by atoms with van der Waals surface area (Å²) in [6.45, 7) is 33.3. The number of aliphatic hydroxyl groups is 5. The van der Waals surface area contributed by atoms with Gasteiger partial charge in [-0.1, -0.05) is 71.0 Å². The highest BCUT2D eigenvalue weighted by molar-refractivity contribution is 14.1. The smallest absolute Gasteiger partial charge is 0.271 e. The summed E-state index contributed by atoms with van der Waals surface area (Å²) in [6.07, 6.45) is 18.4. The van der Waals surface area contributed by atoms with Crippen molar-refractivity contribution in [1.29, 1.82) is 0 Å². The monoisotopic (exact) mass is 1990 g/mol. The Balaban J connectivity index is 0.000000154. The van der Waals surface area contributed by atoms with Crippen LogP contribution in [0.15, 0.2) is 153 Å². The van der Waals surface area contributed by atoms with Crippen molar-refractivity contribution >= 4 is 160 Å². The van der Waals surface area contributed by atoms with Crippen LogP contribution in [0.25, 0.3) is 55.8 Å². The number of rotatable bonds is 38. The molecule has 726 valence electrons. The predicted molar refractivity (Wildman–Crippen MR) is 542 cm³/mol. The molecule has 43 nitrogen and oxygen atoms in total. The number of aromatic nitrogens is 22. The molecule has 1 fully saturated rings. The number of hydrogen-bond acceptors (Lipinski definition) is 36. The molecule has 15 aromatic rings. The van der Waals surface area contributed by atoms with Gasteiger partial charge in [-0.3, -0.25) is 30.2 Å². The maximum absolute atomic E-state index is 11.1. The Morgan fingerprint density at radius 2 is 0.825 bits per heavy atom. The molecule has 0 amide bonds. The number of fused-ring (bicyclic) bond motifs is 5. The van der Waals surface area contributed by atoms with Gasteiger partial charge in [0.15, 0.2) is 84.9 Å². The van der Waals surface area contributed by atoms with E-state index in [0.29, 0.717) is 113 Å². The SMILES string of the molecule is CC(C)[C@H](CO)Nc1nc(Nc2cccc([N+](=O)[O-])c2)c2ncn(C(C)C)c2n1.CC(C)n1cnc2c(NCc3cccc(I)c3)nc(N3CCC[C@H]3CO)nc21.CC[C@H](CO)Nc1nc(NCc2ccccn2)c2ncn(C(C)C)c2n1.CC[C@H](CO)Nc1nc(NCc2cccnc2)c2ncn(C(C)C)c2n1.CC[C@H](CO)Nc1nc(Nc2cccc([N+](=O)[O-])c2)c2ncn(C(C)C)c2n1. The van der Waals surface area contributed by atoms with Gasteiger partial charge in [-0.25, -0.2) is 24.9 Å². The van der Waals surface area contributed by atoms with E-state index < -0.39 is 9.85 Å². The summed E-state index contributed by atoms with van der Waals surface area (Å²) in [5, 5.41) is 98.9. The van der Waals surface area contributed by atoms with E-state index >= 15 is 0 Å². The third-order valence-electron chi connectivity index (χ3n) is 22.5. The van der Waals surface area contributed by atoms with Crippen LogP contribution in [0.2, 0.25) is 0 Å². The average Bonchev–Trinajstić information content (AvgIpc) is 1.64. The average molecular weight is 1990 g/mol. The van der Waals surface area contributed by atoms with Gasteiger partial charge in [-0.15, -0.1) is 0 Å². The largest absolute Gasteiger partial charge is 0.394 e. The van der Waals surface area contributed by atoms with E-state index in [9.17, 15) is 45.8 Å². The van der Waals surface area contributed by atoms with Gasteiger partial charge in [0.1, 0.15) is 0 Å². The Bertz CT molecular complexity index is 6300. The minimum atomic E-state index is -0.450. The molecule has 0 radical (unpaired) electrons. The minimum Gasteiger partial charge on any atom is -0.394 e. The number of benzene rings is 3. The summed E-state index contributed by atoms with van der Waals surface area (Å²) >= 11 is 2.32. The topological polar surface area (TPSA) is 543 Å². The van der Waals surface area contributed by atoms with Crippen molar-refractivity contribution < 1.29 is 35.4 Å². The second-order valence-corrected chi connectivity index (χ2v) is 35.7. The lowest BCUT2D eigenvalue weighted by Gasteiger charge is -2.23. The maximum atomic E-state index is 11.1. The molecule has 16 rings (SSSR count). The third kappa shape index (κ3) is 26.4. The molecular formula is C93H123IN34O9. The van der Waals surface area contributed by atoms with E-state index in [-0.39, 0.29) is 111 Å². The standard InChI is InChI=1S/C20H25IN6O.C19H25N7O3.C18H23N7O3.2C18H25N7O/c1-13(2)27-12-23-17-18(22-10-14-5-3-6-15(21)9-14)24-20(25-19(17)27)26-8-4-7-16(26)11-28;1-11(2)15(9-27)22-19-23-17(16-18(24-19)25(10-20-16)12(3)4)21-13-6-5-7-14(8-13)26(28)29;1-4-12(9-26)21-18-22-16(15-17(23-18)24(10-19-15)11(2)3)20-13-6-5-7-14(8-13)25(27)28;1-4-14(10-26)22-18-23-16(20-9-13-6-5-7-19-8-13)15-17(24-18)25(11-21-15)12(2)3;1-4-13(10-26)22-18-23-16(20-9-14-7-5-6-8-19-14)15-17(24-18)25(11-21-15)12(2)3/h3,5-6,9,12-13,16,28H,4,7-8,10-11H2,1-2H3,(H,22,24,25);5-8,10-12,15,27H,9H2,1-4H3,(H2,21,22,23,24);5-8,10-12,26H,4,9H2,1-3H3,(H2,20,21,22,23);5-8,11-12,14,26H,4,9-10H2,1-3H3,(H2,20,22,23,24);5-8,11-13,26H,4,9-10H2,1-3H3,(H2,20,22,23,24)/t16-;15-;12-;14-;13-/m00111/s1. The van der Waals surface area contributed by atoms with Gasteiger partial charge in [-0.2, -0.15) is 49.8 Å². The van der Waals surface area contributed by atoms with Crippen molar-refractivity contribution in [1.82, 2.24) is 108 Å². The molecule has 14 N–H and O–H groups in total. The molecule has 0 saturated carbocycles. The normalized spacial score (nSPS) is 13.4. The molecule has 137 heavy (non-hydrogen) atoms. The zero-order chi connectivity index (χ0) is 98.1. The molecule has 0 unspecified atom stereocenters. The number of halogens is 1. The van der Waals surface area contributed by atoms with E-state index in [1.54, 1.807) is 62.0 Å². The van der Waals surface area contributed by atoms with Gasteiger partial charge < -0.3 is 101 Å². The molecule has 44 heteroatoms. The third-order valence-corrected chi connectivity index (χ3v) is 23.2. The van der Waals surface area contributed by atoms with Gasteiger partial charge in [0.05, 0.1) is 117 Å². The molecule has 12 aromatic heterocycles. The fourth-order valence-corrected chi connectivity index (χ4v) is 15.1. The van der Waals surface area contributed by atoms with Crippen molar-refractivity contribution in [3.05, 3.63) is 194 Å². The molecule has 0 spiro atoms. The predicted octanol–water partition coefficient (Wildman–Crippen LogP) is 15.5. The number of nitro groups is 2. The summed E-state index contributed by atoms with van der Waals surface area (Å²) in [6, 6.07) is 30.9. The zero-order valence-electron chi connectivity index (χ0n) is 79.6. The zero-order valence-corrected chi connectivity index (χ0v) is 81.8. The number of nitro benzene ring substituents is 2. The van der Waals surface area contributed by atoms with Crippen LogP contribution >= 0.6 is 22.6 Å². The second-order valence-electron chi connectivity index (χ2n) is 34.4. The molecule has 0 bridgehead atoms. The first-order valence-corrected chi connectivity index (χ1v) is 47.0. The number of aliphatic hydroxyl groups excluding tert-OH is 5. The molecule has 1 aliphatic heterocycles. The van der Waals surface area contributed by atoms with Gasteiger partial charge in [0.25, 0.3) is 11.4 Å². The van der Waals surface area contributed by atoms with Crippen LogP contribution < -0.4 is 52.8 Å². The summed E-state index contributed by atoms with van der Waals surface area (Å²) in [7, 11) is 0. The van der Waals surface area contributed by atoms with Crippen LogP contribution in [0.3, 0.4) is 0 Å². The van der Waals surface area contributed by atoms with Crippen LogP contribution in [0, 0.1) is 29.7 Å². The van der Waals surface area contributed by atoms with Crippen LogP contribution in [-0.4, -0.2) is 213 Å². The van der Waals surface area contributed by atoms with Crippen LogP contribution in [0.1, 0.15) is 183 Å². The number of non-ortho nitro benzene ring substituents is 2. The number of nitrogens with one attached hydrogen (secondary N) is 9. The second kappa shape index (κ2) is 48.5. The summed E-state index contributed by atoms with van der Waals surface area (Å²) in [5.74, 6) is 5.39. The number of anilines is 12. The van der Waals surface area contributed by atoms with Crippen molar-refractivity contribution in [2.75, 3.05) is 92.3 Å². The Kier molecular flexibility index (Phi) is 36.1. The first kappa shape index (κ1) is 102. The van der Waals surface area contributed by atoms with Gasteiger partial charge >= 0.3 is 0 Å². The first-order valence-electron chi connectivity index (χ1n) is 45.9. The lowest BCUT2D eigenvalue weighted by Crippen LogP contribution is -2.33. The summed E-state index contributed by atoms with van der Waals surface area (Å²) < 4.78 is 11.1. The van der Waals surface area contributed by atoms with Gasteiger partial charge in [0.2, 0.25) is 29.7 Å². The van der Waals surface area contributed by atoms with Crippen molar-refractivity contribution in [2.45, 2.75) is 216 Å². The van der Waals surface area contributed by atoms with E-state index in [1.807, 2.05) is 123 Å². The Labute approximate surface area is 806 Å². The molecule has 0 aliphatic carbocycles. The molecule has 5 atom stereocenters. The summed E-state index contributed by atoms with van der Waals surface area (Å²) in [4.78, 5) is 100. The summed E-state index contributed by atoms with van der Waals surface area (Å²) in [5.41, 5.74) is 11.1. The molecule has 1 aliphatic rings. The fraction of sp³-hybridized carbons (Fsp3) is 0.430. The lowest BCUT2D eigenvalue weighted by atomic mass is 10.1.